The van der Waals surface area contributed by atoms with E-state index in [0.29, 0.717) is 31.4 Å². The van der Waals surface area contributed by atoms with Gasteiger partial charge in [0, 0.05) is 18.3 Å². The zero-order valence-electron chi connectivity index (χ0n) is 11.5. The summed E-state index contributed by atoms with van der Waals surface area (Å²) in [4.78, 5) is 21.9. The van der Waals surface area contributed by atoms with Gasteiger partial charge in [-0.2, -0.15) is 4.98 Å². The van der Waals surface area contributed by atoms with Crippen molar-refractivity contribution in [2.75, 3.05) is 18.1 Å². The molecule has 1 aliphatic heterocycles. The van der Waals surface area contributed by atoms with E-state index in [1.54, 1.807) is 17.9 Å². The lowest BCUT2D eigenvalue weighted by Crippen LogP contribution is -2.48. The molecule has 1 aliphatic rings. The Hall–Kier alpha value is -1.85. The second-order valence-corrected chi connectivity index (χ2v) is 4.91. The van der Waals surface area contributed by atoms with Crippen molar-refractivity contribution < 1.29 is 14.6 Å². The van der Waals surface area contributed by atoms with E-state index in [1.165, 1.54) is 0 Å². The summed E-state index contributed by atoms with van der Waals surface area (Å²) < 4.78 is 5.39. The average Bonchev–Trinajstić information content (AvgIpc) is 2.72. The number of aryl methyl sites for hydroxylation is 1. The van der Waals surface area contributed by atoms with Crippen LogP contribution in [-0.4, -0.2) is 39.7 Å². The number of anilines is 1. The molecule has 2 rings (SSSR count). The fourth-order valence-corrected chi connectivity index (χ4v) is 2.37. The van der Waals surface area contributed by atoms with Crippen molar-refractivity contribution in [2.24, 2.45) is 0 Å². The SMILES string of the molecule is CCOc1cc(C)nc(N2CCCC2(C)C(=O)O)n1. The Morgan fingerprint density at radius 3 is 2.95 bits per heavy atom. The summed E-state index contributed by atoms with van der Waals surface area (Å²) in [7, 11) is 0. The zero-order chi connectivity index (χ0) is 14.0. The first-order valence-electron chi connectivity index (χ1n) is 6.47. The van der Waals surface area contributed by atoms with Gasteiger partial charge in [0.2, 0.25) is 11.8 Å². The van der Waals surface area contributed by atoms with Crippen molar-refractivity contribution in [2.45, 2.75) is 39.2 Å². The predicted octanol–water partition coefficient (Wildman–Crippen LogP) is 1.63. The first-order chi connectivity index (χ1) is 8.97. The number of carbonyl (C=O) groups is 1. The van der Waals surface area contributed by atoms with Crippen LogP contribution >= 0.6 is 0 Å². The third-order valence-corrected chi connectivity index (χ3v) is 3.45. The fourth-order valence-electron chi connectivity index (χ4n) is 2.37. The van der Waals surface area contributed by atoms with Gasteiger partial charge >= 0.3 is 5.97 Å². The predicted molar refractivity (Wildman–Crippen MR) is 70.6 cm³/mol. The lowest BCUT2D eigenvalue weighted by atomic mass is 10.00. The molecule has 1 N–H and O–H groups in total. The van der Waals surface area contributed by atoms with Crippen LogP contribution in [0.25, 0.3) is 0 Å². The Labute approximate surface area is 112 Å². The summed E-state index contributed by atoms with van der Waals surface area (Å²) in [6.45, 7) is 6.62. The summed E-state index contributed by atoms with van der Waals surface area (Å²) in [5.74, 6) is 0.0866. The van der Waals surface area contributed by atoms with Gasteiger partial charge in [-0.15, -0.1) is 0 Å². The molecule has 0 amide bonds. The second-order valence-electron chi connectivity index (χ2n) is 4.91. The number of carboxylic acid groups (broad SMARTS) is 1. The first-order valence-corrected chi connectivity index (χ1v) is 6.47. The Kier molecular flexibility index (Phi) is 3.59. The molecule has 1 aromatic heterocycles. The van der Waals surface area contributed by atoms with Crippen molar-refractivity contribution in [1.29, 1.82) is 0 Å². The van der Waals surface area contributed by atoms with Gasteiger partial charge in [0.1, 0.15) is 5.54 Å². The third kappa shape index (κ3) is 2.47. The normalized spacial score (nSPS) is 22.6. The molecule has 1 unspecified atom stereocenters. The van der Waals surface area contributed by atoms with Crippen LogP contribution in [-0.2, 0) is 4.79 Å². The van der Waals surface area contributed by atoms with Crippen LogP contribution in [0, 0.1) is 6.92 Å². The van der Waals surface area contributed by atoms with Crippen LogP contribution in [0.1, 0.15) is 32.4 Å². The minimum atomic E-state index is -0.933. The lowest BCUT2D eigenvalue weighted by Gasteiger charge is -2.31. The summed E-state index contributed by atoms with van der Waals surface area (Å²) >= 11 is 0. The minimum Gasteiger partial charge on any atom is -0.480 e. The summed E-state index contributed by atoms with van der Waals surface area (Å²) in [5.41, 5.74) is -0.162. The highest BCUT2D eigenvalue weighted by molar-refractivity contribution is 5.83. The van der Waals surface area contributed by atoms with Gasteiger partial charge in [0.15, 0.2) is 0 Å². The molecule has 6 heteroatoms. The molecule has 0 saturated carbocycles. The maximum absolute atomic E-state index is 11.5. The number of aromatic nitrogens is 2. The Morgan fingerprint density at radius 1 is 1.58 bits per heavy atom. The monoisotopic (exact) mass is 265 g/mol. The van der Waals surface area contributed by atoms with Gasteiger partial charge in [0.25, 0.3) is 0 Å². The van der Waals surface area contributed by atoms with Crippen LogP contribution in [0.2, 0.25) is 0 Å². The highest BCUT2D eigenvalue weighted by Gasteiger charge is 2.44. The molecule has 0 aromatic carbocycles. The molecule has 104 valence electrons. The van der Waals surface area contributed by atoms with Gasteiger partial charge in [-0.25, -0.2) is 9.78 Å². The summed E-state index contributed by atoms with van der Waals surface area (Å²) in [6.07, 6.45) is 1.42. The van der Waals surface area contributed by atoms with Gasteiger partial charge in [-0.3, -0.25) is 0 Å². The van der Waals surface area contributed by atoms with E-state index in [9.17, 15) is 9.90 Å². The lowest BCUT2D eigenvalue weighted by molar-refractivity contribution is -0.142. The van der Waals surface area contributed by atoms with Crippen molar-refractivity contribution in [3.63, 3.8) is 0 Å². The summed E-state index contributed by atoms with van der Waals surface area (Å²) in [6, 6.07) is 1.75. The van der Waals surface area contributed by atoms with Crippen LogP contribution in [0.4, 0.5) is 5.95 Å². The second kappa shape index (κ2) is 5.03. The Bertz CT molecular complexity index is 492. The standard InChI is InChI=1S/C13H19N3O3/c1-4-19-10-8-9(2)14-12(15-10)16-7-5-6-13(16,3)11(17)18/h8H,4-7H2,1-3H3,(H,17,18). The molecular weight excluding hydrogens is 246 g/mol. The van der Waals surface area contributed by atoms with E-state index >= 15 is 0 Å². The van der Waals surface area contributed by atoms with E-state index in [2.05, 4.69) is 9.97 Å². The van der Waals surface area contributed by atoms with E-state index in [-0.39, 0.29) is 0 Å². The van der Waals surface area contributed by atoms with Gasteiger partial charge in [-0.1, -0.05) is 0 Å². The fraction of sp³-hybridized carbons (Fsp3) is 0.615. The van der Waals surface area contributed by atoms with Gasteiger partial charge in [-0.05, 0) is 33.6 Å². The molecule has 1 fully saturated rings. The molecule has 19 heavy (non-hydrogen) atoms. The highest BCUT2D eigenvalue weighted by Crippen LogP contribution is 2.33. The maximum Gasteiger partial charge on any atom is 0.329 e. The van der Waals surface area contributed by atoms with Crippen molar-refractivity contribution in [3.05, 3.63) is 11.8 Å². The largest absolute Gasteiger partial charge is 0.480 e. The number of carboxylic acids is 1. The molecule has 1 saturated heterocycles. The third-order valence-electron chi connectivity index (χ3n) is 3.45. The van der Waals surface area contributed by atoms with Gasteiger partial charge < -0.3 is 14.7 Å². The van der Waals surface area contributed by atoms with E-state index in [4.69, 9.17) is 4.74 Å². The van der Waals surface area contributed by atoms with Crippen LogP contribution < -0.4 is 9.64 Å². The van der Waals surface area contributed by atoms with Crippen LogP contribution in [0.15, 0.2) is 6.07 Å². The molecular formula is C13H19N3O3. The smallest absolute Gasteiger partial charge is 0.329 e. The highest BCUT2D eigenvalue weighted by atomic mass is 16.5. The number of hydrogen-bond acceptors (Lipinski definition) is 5. The number of nitrogens with zero attached hydrogens (tertiary/aromatic N) is 3. The minimum absolute atomic E-state index is 0.436. The molecule has 0 spiro atoms. The van der Waals surface area contributed by atoms with Crippen LogP contribution in [0.3, 0.4) is 0 Å². The van der Waals surface area contributed by atoms with Crippen molar-refractivity contribution in [3.8, 4) is 5.88 Å². The Balaban J connectivity index is 2.38. The zero-order valence-corrected chi connectivity index (χ0v) is 11.5. The maximum atomic E-state index is 11.5. The molecule has 0 bridgehead atoms. The molecule has 1 atom stereocenters. The van der Waals surface area contributed by atoms with Crippen LogP contribution in [0.5, 0.6) is 5.88 Å². The number of rotatable bonds is 4. The first kappa shape index (κ1) is 13.6. The molecule has 1 aromatic rings. The number of aliphatic carboxylic acids is 1. The molecule has 0 aliphatic carbocycles. The number of hydrogen-bond donors (Lipinski definition) is 1. The summed E-state index contributed by atoms with van der Waals surface area (Å²) in [5, 5.41) is 9.42. The van der Waals surface area contributed by atoms with E-state index in [1.807, 2.05) is 13.8 Å². The topological polar surface area (TPSA) is 75.5 Å². The molecule has 6 nitrogen and oxygen atoms in total. The average molecular weight is 265 g/mol. The van der Waals surface area contributed by atoms with E-state index in [0.717, 1.165) is 12.1 Å². The van der Waals surface area contributed by atoms with Crippen molar-refractivity contribution in [1.82, 2.24) is 9.97 Å². The van der Waals surface area contributed by atoms with E-state index < -0.39 is 11.5 Å². The van der Waals surface area contributed by atoms with Crippen molar-refractivity contribution >= 4 is 11.9 Å². The quantitative estimate of drug-likeness (QED) is 0.891. The Morgan fingerprint density at radius 2 is 2.32 bits per heavy atom. The van der Waals surface area contributed by atoms with Gasteiger partial charge in [0.05, 0.1) is 6.61 Å². The molecule has 0 radical (unpaired) electrons. The molecule has 2 heterocycles. The number of ether oxygens (including phenoxy) is 1.